The van der Waals surface area contributed by atoms with Gasteiger partial charge in [0.2, 0.25) is 0 Å². The lowest BCUT2D eigenvalue weighted by molar-refractivity contribution is -0.142. The highest BCUT2D eigenvalue weighted by atomic mass is 79.9. The quantitative estimate of drug-likeness (QED) is 0.855. The number of carbonyl (C=O) groups excluding carboxylic acids is 1. The minimum Gasteiger partial charge on any atom is -0.480 e. The molecule has 1 heterocycles. The van der Waals surface area contributed by atoms with Crippen molar-refractivity contribution in [3.8, 4) is 0 Å². The van der Waals surface area contributed by atoms with E-state index in [-0.39, 0.29) is 11.8 Å². The van der Waals surface area contributed by atoms with Crippen LogP contribution in [0.5, 0.6) is 0 Å². The maximum Gasteiger partial charge on any atom is 0.326 e. The number of benzene rings is 1. The van der Waals surface area contributed by atoms with E-state index in [1.807, 2.05) is 19.9 Å². The highest BCUT2D eigenvalue weighted by molar-refractivity contribution is 9.10. The van der Waals surface area contributed by atoms with Crippen molar-refractivity contribution in [2.75, 3.05) is 13.2 Å². The zero-order valence-corrected chi connectivity index (χ0v) is 14.3. The van der Waals surface area contributed by atoms with Gasteiger partial charge in [0.15, 0.2) is 0 Å². The van der Waals surface area contributed by atoms with Gasteiger partial charge in [-0.05, 0) is 49.9 Å². The number of carboxylic acid groups (broad SMARTS) is 1. The number of rotatable bonds is 4. The second-order valence-corrected chi connectivity index (χ2v) is 6.54. The first-order chi connectivity index (χ1) is 10.4. The van der Waals surface area contributed by atoms with Gasteiger partial charge in [-0.25, -0.2) is 4.79 Å². The summed E-state index contributed by atoms with van der Waals surface area (Å²) in [6.07, 6.45) is 1.57. The molecule has 5 nitrogen and oxygen atoms in total. The van der Waals surface area contributed by atoms with Crippen LogP contribution in [0.4, 0.5) is 0 Å². The summed E-state index contributed by atoms with van der Waals surface area (Å²) >= 11 is 3.42. The predicted octanol–water partition coefficient (Wildman–Crippen LogP) is 2.68. The molecule has 2 unspecified atom stereocenters. The van der Waals surface area contributed by atoms with Gasteiger partial charge >= 0.3 is 5.97 Å². The summed E-state index contributed by atoms with van der Waals surface area (Å²) in [6.45, 7) is 4.75. The van der Waals surface area contributed by atoms with E-state index in [1.54, 1.807) is 6.07 Å². The van der Waals surface area contributed by atoms with E-state index in [0.29, 0.717) is 18.8 Å². The highest BCUT2D eigenvalue weighted by Crippen LogP contribution is 2.22. The van der Waals surface area contributed by atoms with E-state index in [4.69, 9.17) is 4.74 Å². The standard InChI is InChI=1S/C16H20BrNO4/c1-9-7-13(17)10(2)6-12(9)15(19)18-14(16(20)21)11-4-3-5-22-8-11/h6-7,11,14H,3-5,8H2,1-2H3,(H,18,19)(H,20,21). The van der Waals surface area contributed by atoms with Crippen LogP contribution in [-0.4, -0.2) is 36.2 Å². The fraction of sp³-hybridized carbons (Fsp3) is 0.500. The molecule has 0 aromatic heterocycles. The lowest BCUT2D eigenvalue weighted by atomic mass is 9.93. The van der Waals surface area contributed by atoms with Crippen LogP contribution in [0.2, 0.25) is 0 Å². The summed E-state index contributed by atoms with van der Waals surface area (Å²) in [5.74, 6) is -1.56. The van der Waals surface area contributed by atoms with E-state index < -0.39 is 12.0 Å². The number of aliphatic carboxylic acids is 1. The van der Waals surface area contributed by atoms with Crippen molar-refractivity contribution >= 4 is 27.8 Å². The summed E-state index contributed by atoms with van der Waals surface area (Å²) in [5, 5.41) is 12.1. The summed E-state index contributed by atoms with van der Waals surface area (Å²) in [4.78, 5) is 23.9. The zero-order valence-electron chi connectivity index (χ0n) is 12.7. The van der Waals surface area contributed by atoms with Crippen LogP contribution < -0.4 is 5.32 Å². The molecule has 6 heteroatoms. The Morgan fingerprint density at radius 2 is 2.09 bits per heavy atom. The van der Waals surface area contributed by atoms with Crippen LogP contribution in [0.3, 0.4) is 0 Å². The van der Waals surface area contributed by atoms with Crippen molar-refractivity contribution in [2.45, 2.75) is 32.7 Å². The monoisotopic (exact) mass is 369 g/mol. The minimum atomic E-state index is -1.02. The predicted molar refractivity (Wildman–Crippen MR) is 86.0 cm³/mol. The summed E-state index contributed by atoms with van der Waals surface area (Å²) < 4.78 is 6.27. The molecule has 1 aromatic carbocycles. The van der Waals surface area contributed by atoms with Crippen molar-refractivity contribution in [3.05, 3.63) is 33.3 Å². The highest BCUT2D eigenvalue weighted by Gasteiger charge is 2.31. The molecule has 1 fully saturated rings. The van der Waals surface area contributed by atoms with Crippen molar-refractivity contribution in [1.82, 2.24) is 5.32 Å². The number of aryl methyl sites for hydroxylation is 2. The summed E-state index contributed by atoms with van der Waals surface area (Å²) in [7, 11) is 0. The fourth-order valence-corrected chi connectivity index (χ4v) is 3.11. The summed E-state index contributed by atoms with van der Waals surface area (Å²) in [5.41, 5.74) is 2.24. The van der Waals surface area contributed by atoms with Crippen LogP contribution in [0.25, 0.3) is 0 Å². The molecule has 2 atom stereocenters. The molecule has 0 radical (unpaired) electrons. The molecule has 0 saturated carbocycles. The van der Waals surface area contributed by atoms with Crippen LogP contribution in [0.15, 0.2) is 16.6 Å². The maximum absolute atomic E-state index is 12.5. The number of hydrogen-bond acceptors (Lipinski definition) is 3. The number of carboxylic acids is 1. The Labute approximate surface area is 138 Å². The molecular weight excluding hydrogens is 350 g/mol. The molecule has 2 N–H and O–H groups in total. The van der Waals surface area contributed by atoms with Gasteiger partial charge in [-0.1, -0.05) is 15.9 Å². The lowest BCUT2D eigenvalue weighted by Gasteiger charge is -2.28. The average Bonchev–Trinajstić information content (AvgIpc) is 2.48. The molecule has 22 heavy (non-hydrogen) atoms. The van der Waals surface area contributed by atoms with Crippen molar-refractivity contribution < 1.29 is 19.4 Å². The normalized spacial score (nSPS) is 19.5. The summed E-state index contributed by atoms with van der Waals surface area (Å²) in [6, 6.07) is 2.71. The van der Waals surface area contributed by atoms with Gasteiger partial charge in [-0.3, -0.25) is 4.79 Å². The third-order valence-electron chi connectivity index (χ3n) is 3.97. The third-order valence-corrected chi connectivity index (χ3v) is 4.82. The van der Waals surface area contributed by atoms with Gasteiger partial charge in [-0.2, -0.15) is 0 Å². The minimum absolute atomic E-state index is 0.188. The Morgan fingerprint density at radius 1 is 1.36 bits per heavy atom. The number of carbonyl (C=O) groups is 2. The van der Waals surface area contributed by atoms with Crippen LogP contribution >= 0.6 is 15.9 Å². The molecule has 1 aromatic rings. The van der Waals surface area contributed by atoms with Gasteiger partial charge < -0.3 is 15.2 Å². The van der Waals surface area contributed by atoms with Gasteiger partial charge in [-0.15, -0.1) is 0 Å². The fourth-order valence-electron chi connectivity index (χ4n) is 2.65. The van der Waals surface area contributed by atoms with Gasteiger partial charge in [0.1, 0.15) is 6.04 Å². The average molecular weight is 370 g/mol. The zero-order chi connectivity index (χ0) is 16.3. The number of nitrogens with one attached hydrogen (secondary N) is 1. The van der Waals surface area contributed by atoms with E-state index in [9.17, 15) is 14.7 Å². The molecule has 0 bridgehead atoms. The topological polar surface area (TPSA) is 75.6 Å². The first kappa shape index (κ1) is 17.0. The van der Waals surface area contributed by atoms with Crippen molar-refractivity contribution in [2.24, 2.45) is 5.92 Å². The largest absolute Gasteiger partial charge is 0.480 e. The van der Waals surface area contributed by atoms with Crippen molar-refractivity contribution in [1.29, 1.82) is 0 Å². The second-order valence-electron chi connectivity index (χ2n) is 5.68. The number of ether oxygens (including phenoxy) is 1. The first-order valence-electron chi connectivity index (χ1n) is 7.28. The van der Waals surface area contributed by atoms with Gasteiger partial charge in [0.05, 0.1) is 6.61 Å². The maximum atomic E-state index is 12.5. The van der Waals surface area contributed by atoms with E-state index >= 15 is 0 Å². The Kier molecular flexibility index (Phi) is 5.58. The molecular formula is C16H20BrNO4. The molecule has 1 aliphatic heterocycles. The van der Waals surface area contributed by atoms with Crippen LogP contribution in [-0.2, 0) is 9.53 Å². The second kappa shape index (κ2) is 7.24. The SMILES string of the molecule is Cc1cc(C(=O)NC(C(=O)O)C2CCCOC2)c(C)cc1Br. The Morgan fingerprint density at radius 3 is 2.68 bits per heavy atom. The number of amides is 1. The molecule has 1 aliphatic rings. The molecule has 1 amide bonds. The third kappa shape index (κ3) is 3.87. The molecule has 2 rings (SSSR count). The van der Waals surface area contributed by atoms with Gasteiger partial charge in [0.25, 0.3) is 5.91 Å². The number of halogens is 1. The Hall–Kier alpha value is -1.40. The van der Waals surface area contributed by atoms with Crippen molar-refractivity contribution in [3.63, 3.8) is 0 Å². The molecule has 1 saturated heterocycles. The molecule has 0 aliphatic carbocycles. The smallest absolute Gasteiger partial charge is 0.326 e. The van der Waals surface area contributed by atoms with E-state index in [0.717, 1.165) is 28.4 Å². The van der Waals surface area contributed by atoms with Gasteiger partial charge in [0, 0.05) is 22.6 Å². The van der Waals surface area contributed by atoms with E-state index in [1.165, 1.54) is 0 Å². The Balaban J connectivity index is 2.17. The van der Waals surface area contributed by atoms with Crippen LogP contribution in [0.1, 0.15) is 34.3 Å². The van der Waals surface area contributed by atoms with E-state index in [2.05, 4.69) is 21.2 Å². The first-order valence-corrected chi connectivity index (χ1v) is 8.07. The number of hydrogen-bond donors (Lipinski definition) is 2. The Bertz CT molecular complexity index is 582. The molecule has 120 valence electrons. The van der Waals surface area contributed by atoms with Crippen LogP contribution in [0, 0.1) is 19.8 Å². The lowest BCUT2D eigenvalue weighted by Crippen LogP contribution is -2.48. The molecule has 0 spiro atoms.